The third-order valence-electron chi connectivity index (χ3n) is 3.94. The molecule has 3 N–H and O–H groups in total. The van der Waals surface area contributed by atoms with Gasteiger partial charge in [-0.1, -0.05) is 6.07 Å². The number of aryl methyl sites for hydroxylation is 1. The van der Waals surface area contributed by atoms with Crippen molar-refractivity contribution in [3.05, 3.63) is 65.2 Å². The third kappa shape index (κ3) is 4.02. The lowest BCUT2D eigenvalue weighted by Gasteiger charge is -2.05. The zero-order chi connectivity index (χ0) is 19.2. The molecule has 0 aliphatic heterocycles. The van der Waals surface area contributed by atoms with Gasteiger partial charge in [0.15, 0.2) is 0 Å². The van der Waals surface area contributed by atoms with Crippen LogP contribution in [0.3, 0.4) is 0 Å². The fourth-order valence-corrected chi connectivity index (χ4v) is 2.62. The highest BCUT2D eigenvalue weighted by molar-refractivity contribution is 5.56. The second kappa shape index (κ2) is 7.98. The second-order valence-corrected chi connectivity index (χ2v) is 5.76. The van der Waals surface area contributed by atoms with Crippen molar-refractivity contribution in [3.8, 4) is 17.8 Å². The molecule has 0 saturated heterocycles. The van der Waals surface area contributed by atoms with Crippen LogP contribution in [0.25, 0.3) is 5.69 Å². The molecular formula is C19H16FN7. The topological polar surface area (TPSA) is 116 Å². The Morgan fingerprint density at radius 2 is 1.89 bits per heavy atom. The Labute approximate surface area is 155 Å². The van der Waals surface area contributed by atoms with E-state index in [9.17, 15) is 9.65 Å². The number of nitrogens with two attached hydrogens (primary N) is 1. The maximum atomic E-state index is 13.1. The Morgan fingerprint density at radius 1 is 1.11 bits per heavy atom. The first kappa shape index (κ1) is 17.9. The van der Waals surface area contributed by atoms with Crippen LogP contribution in [0.5, 0.6) is 0 Å². The summed E-state index contributed by atoms with van der Waals surface area (Å²) in [5.41, 5.74) is 7.88. The lowest BCUT2D eigenvalue weighted by atomic mass is 10.1. The Hall–Kier alpha value is -3.91. The van der Waals surface area contributed by atoms with E-state index in [4.69, 9.17) is 11.0 Å². The van der Waals surface area contributed by atoms with Gasteiger partial charge in [-0.25, -0.2) is 14.1 Å². The standard InChI is InChI=1S/C19H16FN7/c20-13-6-8-15(9-7-13)27-19(23)16(12-22)17(26-27)4-2-10-24-18-5-1-3-14(11-21)25-18/h1,3,5-9H,2,4,10,23H2,(H,24,25). The molecule has 0 aliphatic carbocycles. The van der Waals surface area contributed by atoms with Crippen molar-refractivity contribution in [3.63, 3.8) is 0 Å². The average molecular weight is 361 g/mol. The normalized spacial score (nSPS) is 10.2. The Morgan fingerprint density at radius 3 is 2.59 bits per heavy atom. The predicted octanol–water partition coefficient (Wildman–Crippen LogP) is 2.78. The molecular weight excluding hydrogens is 345 g/mol. The highest BCUT2D eigenvalue weighted by Crippen LogP contribution is 2.21. The van der Waals surface area contributed by atoms with Crippen molar-refractivity contribution < 1.29 is 4.39 Å². The fraction of sp³-hybridized carbons (Fsp3) is 0.158. The number of rotatable bonds is 6. The van der Waals surface area contributed by atoms with Crippen molar-refractivity contribution >= 4 is 11.6 Å². The summed E-state index contributed by atoms with van der Waals surface area (Å²) in [7, 11) is 0. The van der Waals surface area contributed by atoms with E-state index in [1.807, 2.05) is 6.07 Å². The van der Waals surface area contributed by atoms with E-state index in [1.54, 1.807) is 30.3 Å². The van der Waals surface area contributed by atoms with Crippen molar-refractivity contribution in [1.82, 2.24) is 14.8 Å². The van der Waals surface area contributed by atoms with E-state index >= 15 is 0 Å². The number of nitrogens with one attached hydrogen (secondary N) is 1. The average Bonchev–Trinajstić information content (AvgIpc) is 3.01. The number of benzene rings is 1. The van der Waals surface area contributed by atoms with Crippen molar-refractivity contribution in [2.75, 3.05) is 17.6 Å². The van der Waals surface area contributed by atoms with Crippen LogP contribution in [0.15, 0.2) is 42.5 Å². The summed E-state index contributed by atoms with van der Waals surface area (Å²) < 4.78 is 14.5. The number of hydrogen-bond acceptors (Lipinski definition) is 6. The smallest absolute Gasteiger partial charge is 0.145 e. The summed E-state index contributed by atoms with van der Waals surface area (Å²) in [6, 6.07) is 15.0. The van der Waals surface area contributed by atoms with Crippen LogP contribution in [0.1, 0.15) is 23.4 Å². The minimum Gasteiger partial charge on any atom is -0.382 e. The number of anilines is 2. The maximum Gasteiger partial charge on any atom is 0.145 e. The zero-order valence-corrected chi connectivity index (χ0v) is 14.4. The molecule has 2 heterocycles. The van der Waals surface area contributed by atoms with Gasteiger partial charge in [-0.2, -0.15) is 15.6 Å². The third-order valence-corrected chi connectivity index (χ3v) is 3.94. The highest BCUT2D eigenvalue weighted by atomic mass is 19.1. The van der Waals surface area contributed by atoms with Crippen LogP contribution in [0.4, 0.5) is 16.0 Å². The molecule has 3 rings (SSSR count). The van der Waals surface area contributed by atoms with E-state index in [-0.39, 0.29) is 11.6 Å². The van der Waals surface area contributed by atoms with E-state index in [0.29, 0.717) is 47.8 Å². The van der Waals surface area contributed by atoms with Gasteiger partial charge in [0.25, 0.3) is 0 Å². The molecule has 134 valence electrons. The summed E-state index contributed by atoms with van der Waals surface area (Å²) >= 11 is 0. The van der Waals surface area contributed by atoms with Gasteiger partial charge >= 0.3 is 0 Å². The first-order chi connectivity index (χ1) is 13.1. The monoisotopic (exact) mass is 361 g/mol. The molecule has 0 atom stereocenters. The molecule has 0 bridgehead atoms. The van der Waals surface area contributed by atoms with Crippen molar-refractivity contribution in [2.24, 2.45) is 0 Å². The van der Waals surface area contributed by atoms with Gasteiger partial charge < -0.3 is 11.1 Å². The van der Waals surface area contributed by atoms with Gasteiger partial charge in [0.05, 0.1) is 11.4 Å². The summed E-state index contributed by atoms with van der Waals surface area (Å²) in [5.74, 6) is 0.492. The molecule has 0 radical (unpaired) electrons. The Kier molecular flexibility index (Phi) is 5.29. The van der Waals surface area contributed by atoms with Gasteiger partial charge in [0.2, 0.25) is 0 Å². The molecule has 0 fully saturated rings. The van der Waals surface area contributed by atoms with Gasteiger partial charge in [-0.15, -0.1) is 0 Å². The van der Waals surface area contributed by atoms with E-state index in [1.165, 1.54) is 16.8 Å². The Balaban J connectivity index is 1.68. The van der Waals surface area contributed by atoms with Crippen molar-refractivity contribution in [1.29, 1.82) is 10.5 Å². The number of nitrogens with zero attached hydrogens (tertiary/aromatic N) is 5. The quantitative estimate of drug-likeness (QED) is 0.652. The summed E-state index contributed by atoms with van der Waals surface area (Å²) in [6.07, 6.45) is 1.22. The largest absolute Gasteiger partial charge is 0.382 e. The molecule has 0 unspecified atom stereocenters. The maximum absolute atomic E-state index is 13.1. The summed E-state index contributed by atoms with van der Waals surface area (Å²) in [6.45, 7) is 0.593. The molecule has 0 saturated carbocycles. The lowest BCUT2D eigenvalue weighted by Crippen LogP contribution is -2.06. The second-order valence-electron chi connectivity index (χ2n) is 5.76. The van der Waals surface area contributed by atoms with Crippen LogP contribution in [0.2, 0.25) is 0 Å². The lowest BCUT2D eigenvalue weighted by molar-refractivity contribution is 0.627. The van der Waals surface area contributed by atoms with Crippen LogP contribution in [-0.2, 0) is 6.42 Å². The first-order valence-corrected chi connectivity index (χ1v) is 8.27. The molecule has 1 aromatic carbocycles. The molecule has 3 aromatic rings. The number of pyridine rings is 1. The molecule has 0 spiro atoms. The molecule has 27 heavy (non-hydrogen) atoms. The highest BCUT2D eigenvalue weighted by Gasteiger charge is 2.16. The van der Waals surface area contributed by atoms with Gasteiger partial charge in [0.1, 0.15) is 40.8 Å². The zero-order valence-electron chi connectivity index (χ0n) is 14.4. The predicted molar refractivity (Wildman–Crippen MR) is 98.4 cm³/mol. The first-order valence-electron chi connectivity index (χ1n) is 8.27. The van der Waals surface area contributed by atoms with Crippen LogP contribution in [0, 0.1) is 28.5 Å². The van der Waals surface area contributed by atoms with Gasteiger partial charge in [0, 0.05) is 6.54 Å². The minimum atomic E-state index is -0.356. The number of halogens is 1. The number of nitrogen functional groups attached to an aromatic ring is 1. The van der Waals surface area contributed by atoms with E-state index < -0.39 is 0 Å². The number of hydrogen-bond donors (Lipinski definition) is 2. The Bertz CT molecular complexity index is 1030. The van der Waals surface area contributed by atoms with E-state index in [0.717, 1.165) is 0 Å². The summed E-state index contributed by atoms with van der Waals surface area (Å²) in [4.78, 5) is 4.14. The minimum absolute atomic E-state index is 0.232. The molecule has 7 nitrogen and oxygen atoms in total. The summed E-state index contributed by atoms with van der Waals surface area (Å²) in [5, 5.41) is 25.8. The van der Waals surface area contributed by atoms with Gasteiger partial charge in [-0.05, 0) is 49.2 Å². The number of aromatic nitrogens is 3. The number of nitriles is 2. The molecule has 0 aliphatic rings. The fourth-order valence-electron chi connectivity index (χ4n) is 2.62. The van der Waals surface area contributed by atoms with Crippen molar-refractivity contribution in [2.45, 2.75) is 12.8 Å². The SMILES string of the molecule is N#Cc1cccc(NCCCc2nn(-c3ccc(F)cc3)c(N)c2C#N)n1. The molecule has 0 amide bonds. The van der Waals surface area contributed by atoms with Crippen LogP contribution < -0.4 is 11.1 Å². The van der Waals surface area contributed by atoms with Crippen LogP contribution >= 0.6 is 0 Å². The van der Waals surface area contributed by atoms with Gasteiger partial charge in [-0.3, -0.25) is 0 Å². The van der Waals surface area contributed by atoms with E-state index in [2.05, 4.69) is 21.5 Å². The van der Waals surface area contributed by atoms with Crippen LogP contribution in [-0.4, -0.2) is 21.3 Å². The molecule has 8 heteroatoms. The molecule has 2 aromatic heterocycles.